The number of benzene rings is 2. The standard InChI is InChI=1S/C18H20N2O/c1-16(21)10-8-9-15-19-20(17-11-4-2-5-12-17)18-13-6-3-7-14-18/h2-7,11-15H,8-10H2,1H3/b19-15+. The molecule has 0 saturated carbocycles. The van der Waals surface area contributed by atoms with Crippen LogP contribution >= 0.6 is 0 Å². The molecule has 0 aliphatic rings. The van der Waals surface area contributed by atoms with Crippen LogP contribution in [-0.4, -0.2) is 12.0 Å². The lowest BCUT2D eigenvalue weighted by molar-refractivity contribution is -0.117. The Morgan fingerprint density at radius 3 is 2.00 bits per heavy atom. The molecule has 2 rings (SSSR count). The fourth-order valence-corrected chi connectivity index (χ4v) is 2.00. The van der Waals surface area contributed by atoms with Gasteiger partial charge in [0.15, 0.2) is 0 Å². The smallest absolute Gasteiger partial charge is 0.129 e. The van der Waals surface area contributed by atoms with E-state index in [0.29, 0.717) is 6.42 Å². The normalized spacial score (nSPS) is 10.7. The number of anilines is 2. The zero-order chi connectivity index (χ0) is 14.9. The number of hydrogen-bond acceptors (Lipinski definition) is 3. The highest BCUT2D eigenvalue weighted by Crippen LogP contribution is 2.24. The summed E-state index contributed by atoms with van der Waals surface area (Å²) in [6.07, 6.45) is 4.14. The molecular weight excluding hydrogens is 260 g/mol. The highest BCUT2D eigenvalue weighted by atomic mass is 16.1. The van der Waals surface area contributed by atoms with Gasteiger partial charge in [0.05, 0.1) is 11.4 Å². The highest BCUT2D eigenvalue weighted by molar-refractivity contribution is 5.76. The first-order valence-corrected chi connectivity index (χ1v) is 7.19. The van der Waals surface area contributed by atoms with Crippen molar-refractivity contribution in [2.24, 2.45) is 5.10 Å². The molecular formula is C18H20N2O. The van der Waals surface area contributed by atoms with E-state index < -0.39 is 0 Å². The van der Waals surface area contributed by atoms with Gasteiger partial charge in [0.25, 0.3) is 0 Å². The van der Waals surface area contributed by atoms with Crippen LogP contribution in [0.25, 0.3) is 0 Å². The van der Waals surface area contributed by atoms with Crippen LogP contribution in [-0.2, 0) is 4.79 Å². The maximum atomic E-state index is 10.9. The summed E-state index contributed by atoms with van der Waals surface area (Å²) in [5, 5.41) is 6.47. The van der Waals surface area contributed by atoms with Crippen LogP contribution in [0.4, 0.5) is 11.4 Å². The maximum absolute atomic E-state index is 10.9. The molecule has 0 unspecified atom stereocenters. The van der Waals surface area contributed by atoms with Gasteiger partial charge in [-0.05, 0) is 44.0 Å². The fraction of sp³-hybridized carbons (Fsp3) is 0.222. The summed E-state index contributed by atoms with van der Waals surface area (Å²) in [5.74, 6) is 0.228. The minimum atomic E-state index is 0.228. The minimum Gasteiger partial charge on any atom is -0.300 e. The lowest BCUT2D eigenvalue weighted by Crippen LogP contribution is -2.08. The molecule has 0 bridgehead atoms. The summed E-state index contributed by atoms with van der Waals surface area (Å²) in [4.78, 5) is 10.9. The van der Waals surface area contributed by atoms with Crippen molar-refractivity contribution in [2.45, 2.75) is 26.2 Å². The van der Waals surface area contributed by atoms with Crippen LogP contribution < -0.4 is 5.01 Å². The molecule has 0 heterocycles. The molecule has 0 amide bonds. The minimum absolute atomic E-state index is 0.228. The molecule has 0 aliphatic carbocycles. The Kier molecular flexibility index (Phi) is 5.71. The highest BCUT2D eigenvalue weighted by Gasteiger charge is 2.05. The molecule has 0 radical (unpaired) electrons. The van der Waals surface area contributed by atoms with E-state index in [0.717, 1.165) is 24.2 Å². The zero-order valence-corrected chi connectivity index (χ0v) is 12.3. The molecule has 3 heteroatoms. The Bertz CT molecular complexity index is 539. The Morgan fingerprint density at radius 2 is 1.52 bits per heavy atom. The van der Waals surface area contributed by atoms with E-state index >= 15 is 0 Å². The van der Waals surface area contributed by atoms with Gasteiger partial charge in [0.1, 0.15) is 5.78 Å². The molecule has 2 aromatic carbocycles. The second-order valence-electron chi connectivity index (χ2n) is 4.88. The number of Topliss-reactive ketones (excluding diaryl/α,β-unsaturated/α-hetero) is 1. The molecule has 0 N–H and O–H groups in total. The van der Waals surface area contributed by atoms with E-state index in [4.69, 9.17) is 0 Å². The van der Waals surface area contributed by atoms with E-state index in [9.17, 15) is 4.79 Å². The summed E-state index contributed by atoms with van der Waals surface area (Å²) >= 11 is 0. The molecule has 0 aliphatic heterocycles. The number of hydrazone groups is 1. The quantitative estimate of drug-likeness (QED) is 0.423. The van der Waals surface area contributed by atoms with Crippen molar-refractivity contribution in [1.29, 1.82) is 0 Å². The van der Waals surface area contributed by atoms with Gasteiger partial charge in [0, 0.05) is 12.6 Å². The summed E-state index contributed by atoms with van der Waals surface area (Å²) < 4.78 is 0. The van der Waals surface area contributed by atoms with Gasteiger partial charge >= 0.3 is 0 Å². The first-order chi connectivity index (χ1) is 10.3. The molecule has 0 atom stereocenters. The number of carbonyl (C=O) groups excluding carboxylic acids is 1. The number of nitrogens with zero attached hydrogens (tertiary/aromatic N) is 2. The van der Waals surface area contributed by atoms with E-state index in [1.807, 2.05) is 71.9 Å². The van der Waals surface area contributed by atoms with Gasteiger partial charge < -0.3 is 4.79 Å². The molecule has 0 saturated heterocycles. The van der Waals surface area contributed by atoms with Crippen molar-refractivity contribution in [2.75, 3.05) is 5.01 Å². The number of para-hydroxylation sites is 2. The molecule has 0 aromatic heterocycles. The van der Waals surface area contributed by atoms with Crippen molar-refractivity contribution >= 4 is 23.4 Å². The average molecular weight is 280 g/mol. The van der Waals surface area contributed by atoms with Gasteiger partial charge in [-0.2, -0.15) is 5.10 Å². The lowest BCUT2D eigenvalue weighted by Gasteiger charge is -2.19. The van der Waals surface area contributed by atoms with Gasteiger partial charge in [-0.25, -0.2) is 5.01 Å². The first kappa shape index (κ1) is 15.0. The molecule has 21 heavy (non-hydrogen) atoms. The second-order valence-corrected chi connectivity index (χ2v) is 4.88. The van der Waals surface area contributed by atoms with Gasteiger partial charge in [0.2, 0.25) is 0 Å². The largest absolute Gasteiger partial charge is 0.300 e. The molecule has 0 spiro atoms. The number of hydrogen-bond donors (Lipinski definition) is 0. The number of rotatable bonds is 7. The third-order valence-corrected chi connectivity index (χ3v) is 3.06. The van der Waals surface area contributed by atoms with Crippen LogP contribution in [0.1, 0.15) is 26.2 Å². The second kappa shape index (κ2) is 8.00. The molecule has 108 valence electrons. The molecule has 2 aromatic rings. The van der Waals surface area contributed by atoms with Gasteiger partial charge in [-0.3, -0.25) is 0 Å². The fourth-order valence-electron chi connectivity index (χ4n) is 2.00. The van der Waals surface area contributed by atoms with E-state index in [1.165, 1.54) is 0 Å². The topological polar surface area (TPSA) is 32.7 Å². The molecule has 0 fully saturated rings. The monoisotopic (exact) mass is 280 g/mol. The lowest BCUT2D eigenvalue weighted by atomic mass is 10.2. The first-order valence-electron chi connectivity index (χ1n) is 7.19. The summed E-state index contributed by atoms with van der Waals surface area (Å²) in [7, 11) is 0. The van der Waals surface area contributed by atoms with Crippen LogP contribution in [0, 0.1) is 0 Å². The van der Waals surface area contributed by atoms with Crippen LogP contribution in [0.3, 0.4) is 0 Å². The zero-order valence-electron chi connectivity index (χ0n) is 12.3. The van der Waals surface area contributed by atoms with Crippen molar-refractivity contribution in [3.05, 3.63) is 60.7 Å². The number of unbranched alkanes of at least 4 members (excludes halogenated alkanes) is 1. The Labute approximate surface area is 125 Å². The van der Waals surface area contributed by atoms with Crippen molar-refractivity contribution in [3.8, 4) is 0 Å². The van der Waals surface area contributed by atoms with Gasteiger partial charge in [-0.1, -0.05) is 36.4 Å². The summed E-state index contributed by atoms with van der Waals surface area (Å²) in [6.45, 7) is 1.62. The third kappa shape index (κ3) is 4.88. The van der Waals surface area contributed by atoms with Crippen LogP contribution in [0.15, 0.2) is 65.8 Å². The van der Waals surface area contributed by atoms with E-state index in [1.54, 1.807) is 6.92 Å². The predicted molar refractivity (Wildman–Crippen MR) is 88.0 cm³/mol. The number of carbonyl (C=O) groups is 1. The van der Waals surface area contributed by atoms with Crippen molar-refractivity contribution in [3.63, 3.8) is 0 Å². The third-order valence-electron chi connectivity index (χ3n) is 3.06. The maximum Gasteiger partial charge on any atom is 0.129 e. The van der Waals surface area contributed by atoms with Crippen LogP contribution in [0.2, 0.25) is 0 Å². The average Bonchev–Trinajstić information content (AvgIpc) is 2.52. The van der Waals surface area contributed by atoms with E-state index in [-0.39, 0.29) is 5.78 Å². The Hall–Kier alpha value is -2.42. The number of ketones is 1. The Balaban J connectivity index is 2.10. The SMILES string of the molecule is CC(=O)CCC/C=N/N(c1ccccc1)c1ccccc1. The summed E-state index contributed by atoms with van der Waals surface area (Å²) in [5.41, 5.74) is 2.04. The summed E-state index contributed by atoms with van der Waals surface area (Å²) in [6, 6.07) is 20.1. The van der Waals surface area contributed by atoms with Crippen LogP contribution in [0.5, 0.6) is 0 Å². The van der Waals surface area contributed by atoms with E-state index in [2.05, 4.69) is 5.10 Å². The molecule has 3 nitrogen and oxygen atoms in total. The predicted octanol–water partition coefficient (Wildman–Crippen LogP) is 4.57. The Morgan fingerprint density at radius 1 is 1.00 bits per heavy atom. The van der Waals surface area contributed by atoms with Gasteiger partial charge in [-0.15, -0.1) is 0 Å². The van der Waals surface area contributed by atoms with Crippen molar-refractivity contribution in [1.82, 2.24) is 0 Å². The van der Waals surface area contributed by atoms with Crippen molar-refractivity contribution < 1.29 is 4.79 Å².